The Morgan fingerprint density at radius 2 is 2.29 bits per heavy atom. The van der Waals surface area contributed by atoms with Crippen LogP contribution in [0.4, 0.5) is 10.8 Å². The minimum absolute atomic E-state index is 0.131. The molecule has 0 aliphatic rings. The van der Waals surface area contributed by atoms with Gasteiger partial charge in [0.2, 0.25) is 5.91 Å². The third-order valence-electron chi connectivity index (χ3n) is 2.12. The summed E-state index contributed by atoms with van der Waals surface area (Å²) in [4.78, 5) is 15.3. The van der Waals surface area contributed by atoms with Gasteiger partial charge in [-0.1, -0.05) is 11.3 Å². The number of hydrogen-bond acceptors (Lipinski definition) is 6. The molecule has 0 saturated carbocycles. The molecule has 1 heterocycles. The Morgan fingerprint density at radius 3 is 2.88 bits per heavy atom. The molecule has 0 unspecified atom stereocenters. The normalized spacial score (nSPS) is 10.3. The van der Waals surface area contributed by atoms with Crippen molar-refractivity contribution in [3.63, 3.8) is 0 Å². The van der Waals surface area contributed by atoms with Gasteiger partial charge in [0.1, 0.15) is 11.3 Å². The van der Waals surface area contributed by atoms with E-state index in [9.17, 15) is 4.79 Å². The number of benzene rings is 1. The third-order valence-corrected chi connectivity index (χ3v) is 3.06. The van der Waals surface area contributed by atoms with Crippen molar-refractivity contribution in [3.05, 3.63) is 12.1 Å². The number of anilines is 2. The van der Waals surface area contributed by atoms with E-state index in [0.717, 1.165) is 10.2 Å². The molecular weight excluding hydrogens is 240 g/mol. The lowest BCUT2D eigenvalue weighted by atomic mass is 10.2. The largest absolute Gasteiger partial charge is 0.494 e. The average molecular weight is 252 g/mol. The van der Waals surface area contributed by atoms with Crippen LogP contribution in [0.1, 0.15) is 6.92 Å². The number of nitrogens with two attached hydrogens (primary N) is 1. The molecule has 90 valence electrons. The lowest BCUT2D eigenvalue weighted by Crippen LogP contribution is -2.06. The van der Waals surface area contributed by atoms with Gasteiger partial charge in [0, 0.05) is 18.7 Å². The van der Waals surface area contributed by atoms with Crippen LogP contribution in [0.3, 0.4) is 0 Å². The van der Waals surface area contributed by atoms with Crippen LogP contribution in [0.5, 0.6) is 5.75 Å². The Morgan fingerprint density at radius 1 is 1.53 bits per heavy atom. The van der Waals surface area contributed by atoms with Gasteiger partial charge >= 0.3 is 0 Å². The highest BCUT2D eigenvalue weighted by molar-refractivity contribution is 7.22. The summed E-state index contributed by atoms with van der Waals surface area (Å²) >= 11 is 1.39. The van der Waals surface area contributed by atoms with E-state index in [0.29, 0.717) is 16.6 Å². The number of aromatic nitrogens is 1. The summed E-state index contributed by atoms with van der Waals surface area (Å²) in [6, 6.07) is 3.56. The average Bonchev–Trinajstić information content (AvgIpc) is 2.69. The van der Waals surface area contributed by atoms with Gasteiger partial charge in [-0.15, -0.1) is 0 Å². The maximum atomic E-state index is 11.0. The molecule has 2 rings (SSSR count). The van der Waals surface area contributed by atoms with Crippen molar-refractivity contribution in [1.29, 1.82) is 0 Å². The summed E-state index contributed by atoms with van der Waals surface area (Å²) in [6.45, 7) is 1.45. The molecule has 0 saturated heterocycles. The van der Waals surface area contributed by atoms with Crippen molar-refractivity contribution < 1.29 is 9.53 Å². The number of nitrogens with one attached hydrogen (secondary N) is 2. The van der Waals surface area contributed by atoms with Crippen molar-refractivity contribution in [3.8, 4) is 5.75 Å². The van der Waals surface area contributed by atoms with Crippen LogP contribution in [-0.2, 0) is 4.79 Å². The number of nitrogens with zero attached hydrogens (tertiary/aromatic N) is 1. The first kappa shape index (κ1) is 11.6. The highest BCUT2D eigenvalue weighted by atomic mass is 32.1. The SMILES string of the molecule is COc1cc(NC(C)=O)cc2sc(NN)nc12. The van der Waals surface area contributed by atoms with E-state index < -0.39 is 0 Å². The number of amides is 1. The number of hydrogen-bond donors (Lipinski definition) is 3. The molecule has 4 N–H and O–H groups in total. The third kappa shape index (κ3) is 2.29. The van der Waals surface area contributed by atoms with Gasteiger partial charge in [0.25, 0.3) is 0 Å². The standard InChI is InChI=1S/C10H12N4O2S/c1-5(15)12-6-3-7(16-2)9-8(4-6)17-10(13-9)14-11/h3-4H,11H2,1-2H3,(H,12,15)(H,13,14). The Bertz CT molecular complexity index is 567. The predicted molar refractivity (Wildman–Crippen MR) is 68.3 cm³/mol. The molecular formula is C10H12N4O2S. The Hall–Kier alpha value is -1.86. The van der Waals surface area contributed by atoms with Gasteiger partial charge in [-0.3, -0.25) is 10.2 Å². The minimum atomic E-state index is -0.131. The zero-order valence-corrected chi connectivity index (χ0v) is 10.2. The van der Waals surface area contributed by atoms with E-state index >= 15 is 0 Å². The zero-order chi connectivity index (χ0) is 12.4. The van der Waals surface area contributed by atoms with Gasteiger partial charge in [0.15, 0.2) is 5.13 Å². The van der Waals surface area contributed by atoms with E-state index in [2.05, 4.69) is 15.7 Å². The van der Waals surface area contributed by atoms with E-state index in [-0.39, 0.29) is 5.91 Å². The number of carbonyl (C=O) groups excluding carboxylic acids is 1. The molecule has 0 spiro atoms. The zero-order valence-electron chi connectivity index (χ0n) is 9.40. The fourth-order valence-electron chi connectivity index (χ4n) is 1.49. The fraction of sp³-hybridized carbons (Fsp3) is 0.200. The lowest BCUT2D eigenvalue weighted by Gasteiger charge is -2.05. The maximum absolute atomic E-state index is 11.0. The van der Waals surface area contributed by atoms with Crippen LogP contribution in [-0.4, -0.2) is 18.0 Å². The molecule has 0 atom stereocenters. The van der Waals surface area contributed by atoms with Crippen LogP contribution >= 0.6 is 11.3 Å². The van der Waals surface area contributed by atoms with Crippen LogP contribution in [0, 0.1) is 0 Å². The molecule has 0 fully saturated rings. The summed E-state index contributed by atoms with van der Waals surface area (Å²) < 4.78 is 6.12. The van der Waals surface area contributed by atoms with Crippen LogP contribution in [0.15, 0.2) is 12.1 Å². The van der Waals surface area contributed by atoms with Crippen molar-refractivity contribution in [2.45, 2.75) is 6.92 Å². The number of ether oxygens (including phenoxy) is 1. The van der Waals surface area contributed by atoms with E-state index in [4.69, 9.17) is 10.6 Å². The molecule has 0 bridgehead atoms. The molecule has 17 heavy (non-hydrogen) atoms. The Balaban J connectivity index is 2.55. The second kappa shape index (κ2) is 4.56. The number of rotatable bonds is 3. The molecule has 1 aromatic heterocycles. The highest BCUT2D eigenvalue weighted by Crippen LogP contribution is 2.35. The summed E-state index contributed by atoms with van der Waals surface area (Å²) in [7, 11) is 1.56. The Labute approximate surface area is 102 Å². The molecule has 0 aliphatic heterocycles. The lowest BCUT2D eigenvalue weighted by molar-refractivity contribution is -0.114. The fourth-order valence-corrected chi connectivity index (χ4v) is 2.32. The van der Waals surface area contributed by atoms with Crippen molar-refractivity contribution in [1.82, 2.24) is 4.98 Å². The van der Waals surface area contributed by atoms with Crippen molar-refractivity contribution in [2.75, 3.05) is 17.9 Å². The quantitative estimate of drug-likeness (QED) is 0.569. The summed E-state index contributed by atoms with van der Waals surface area (Å²) in [5.74, 6) is 5.78. The molecule has 0 aliphatic carbocycles. The summed E-state index contributed by atoms with van der Waals surface area (Å²) in [6.07, 6.45) is 0. The molecule has 7 heteroatoms. The highest BCUT2D eigenvalue weighted by Gasteiger charge is 2.10. The smallest absolute Gasteiger partial charge is 0.221 e. The van der Waals surface area contributed by atoms with Crippen molar-refractivity contribution in [2.24, 2.45) is 5.84 Å². The van der Waals surface area contributed by atoms with Gasteiger partial charge in [-0.25, -0.2) is 10.8 Å². The van der Waals surface area contributed by atoms with Crippen LogP contribution in [0.25, 0.3) is 10.2 Å². The molecule has 0 radical (unpaired) electrons. The number of nitrogen functional groups attached to an aromatic ring is 1. The topological polar surface area (TPSA) is 89.3 Å². The summed E-state index contributed by atoms with van der Waals surface area (Å²) in [5.41, 5.74) is 3.89. The molecule has 1 aromatic carbocycles. The number of thiazole rings is 1. The van der Waals surface area contributed by atoms with Crippen LogP contribution < -0.4 is 21.3 Å². The van der Waals surface area contributed by atoms with E-state index in [1.165, 1.54) is 18.3 Å². The van der Waals surface area contributed by atoms with Gasteiger partial charge in [0.05, 0.1) is 11.8 Å². The van der Waals surface area contributed by atoms with E-state index in [1.807, 2.05) is 6.07 Å². The first-order valence-electron chi connectivity index (χ1n) is 4.87. The number of methoxy groups -OCH3 is 1. The van der Waals surface area contributed by atoms with Crippen LogP contribution in [0.2, 0.25) is 0 Å². The second-order valence-corrected chi connectivity index (χ2v) is 4.40. The first-order chi connectivity index (χ1) is 8.13. The minimum Gasteiger partial charge on any atom is -0.494 e. The Kier molecular flexibility index (Phi) is 3.12. The van der Waals surface area contributed by atoms with Gasteiger partial charge in [-0.05, 0) is 6.07 Å². The number of fused-ring (bicyclic) bond motifs is 1. The predicted octanol–water partition coefficient (Wildman–Crippen LogP) is 1.55. The van der Waals surface area contributed by atoms with Gasteiger partial charge in [-0.2, -0.15) is 0 Å². The van der Waals surface area contributed by atoms with Crippen molar-refractivity contribution >= 4 is 38.3 Å². The maximum Gasteiger partial charge on any atom is 0.221 e. The number of carbonyl (C=O) groups is 1. The molecule has 2 aromatic rings. The molecule has 6 nitrogen and oxygen atoms in total. The summed E-state index contributed by atoms with van der Waals surface area (Å²) in [5, 5.41) is 3.30. The van der Waals surface area contributed by atoms with E-state index in [1.54, 1.807) is 13.2 Å². The first-order valence-corrected chi connectivity index (χ1v) is 5.68. The second-order valence-electron chi connectivity index (χ2n) is 3.37. The molecule has 1 amide bonds. The van der Waals surface area contributed by atoms with Gasteiger partial charge < -0.3 is 10.1 Å². The number of hydrazine groups is 1. The monoisotopic (exact) mass is 252 g/mol.